The highest BCUT2D eigenvalue weighted by Gasteiger charge is 2.18. The second kappa shape index (κ2) is 9.10. The minimum Gasteiger partial charge on any atom is -0.474 e. The van der Waals surface area contributed by atoms with E-state index in [1.54, 1.807) is 0 Å². The van der Waals surface area contributed by atoms with E-state index in [1.165, 1.54) is 50.6 Å². The zero-order valence-corrected chi connectivity index (χ0v) is 15.7. The van der Waals surface area contributed by atoms with Crippen LogP contribution in [0, 0.1) is 5.92 Å². The van der Waals surface area contributed by atoms with E-state index < -0.39 is 5.91 Å². The lowest BCUT2D eigenvalue weighted by molar-refractivity contribution is 0.238. The first kappa shape index (κ1) is 18.1. The summed E-state index contributed by atoms with van der Waals surface area (Å²) in [6, 6.07) is 3.99. The van der Waals surface area contributed by atoms with Gasteiger partial charge in [0.1, 0.15) is 12.5 Å². The van der Waals surface area contributed by atoms with Gasteiger partial charge in [-0.1, -0.05) is 47.4 Å². The van der Waals surface area contributed by atoms with E-state index in [0.29, 0.717) is 5.88 Å². The summed E-state index contributed by atoms with van der Waals surface area (Å²) in [7, 11) is 2.10. The molecule has 1 fully saturated rings. The Morgan fingerprint density at radius 3 is 2.79 bits per heavy atom. The molecule has 0 bridgehead atoms. The lowest BCUT2D eigenvalue weighted by Gasteiger charge is -2.26. The van der Waals surface area contributed by atoms with Crippen LogP contribution in [0.3, 0.4) is 0 Å². The molecule has 0 amide bonds. The maximum atomic E-state index is 12.9. The molecule has 24 heavy (non-hydrogen) atoms. The Morgan fingerprint density at radius 1 is 1.21 bits per heavy atom. The van der Waals surface area contributed by atoms with Gasteiger partial charge in [0.2, 0.25) is 5.88 Å². The Balaban J connectivity index is 1.50. The van der Waals surface area contributed by atoms with Crippen LogP contribution in [0.15, 0.2) is 12.1 Å². The number of fused-ring (bicyclic) bond motifs is 1. The summed E-state index contributed by atoms with van der Waals surface area (Å²) in [5, 5.41) is 0. The van der Waals surface area contributed by atoms with Crippen molar-refractivity contribution >= 4 is 9.24 Å². The van der Waals surface area contributed by atoms with Crippen molar-refractivity contribution in [3.8, 4) is 5.88 Å². The largest absolute Gasteiger partial charge is 0.474 e. The van der Waals surface area contributed by atoms with Crippen LogP contribution in [0.25, 0.3) is 0 Å². The van der Waals surface area contributed by atoms with E-state index in [2.05, 4.69) is 25.2 Å². The van der Waals surface area contributed by atoms with Gasteiger partial charge in [0.15, 0.2) is 0 Å². The predicted molar refractivity (Wildman–Crippen MR) is 99.4 cm³/mol. The summed E-state index contributed by atoms with van der Waals surface area (Å²) in [6.45, 7) is 3.47. The zero-order chi connectivity index (χ0) is 16.8. The minimum atomic E-state index is -1.04. The van der Waals surface area contributed by atoms with Gasteiger partial charge in [0.05, 0.1) is 0 Å². The van der Waals surface area contributed by atoms with Crippen molar-refractivity contribution in [2.75, 3.05) is 26.2 Å². The normalized spacial score (nSPS) is 21.1. The van der Waals surface area contributed by atoms with Crippen LogP contribution >= 0.6 is 9.24 Å². The second-order valence-electron chi connectivity index (χ2n) is 7.22. The molecule has 5 heteroatoms. The maximum absolute atomic E-state index is 12.9. The predicted octanol–water partition coefficient (Wildman–Crippen LogP) is 4.00. The molecule has 3 rings (SSSR count). The number of aromatic nitrogens is 1. The SMILES string of the molecule is FC(P)COc1ccc2c(n1)CCN(CCC1CCCCC1)CC2. The van der Waals surface area contributed by atoms with Crippen molar-refractivity contribution in [1.82, 2.24) is 9.88 Å². The smallest absolute Gasteiger partial charge is 0.213 e. The summed E-state index contributed by atoms with van der Waals surface area (Å²) >= 11 is 0. The first-order valence-corrected chi connectivity index (χ1v) is 10.1. The Hall–Kier alpha value is -0.730. The molecule has 0 radical (unpaired) electrons. The molecule has 2 atom stereocenters. The molecular formula is C19H30FN2OP. The number of pyridine rings is 1. The highest BCUT2D eigenvalue weighted by Crippen LogP contribution is 2.27. The lowest BCUT2D eigenvalue weighted by atomic mass is 9.87. The van der Waals surface area contributed by atoms with Crippen LogP contribution < -0.4 is 4.74 Å². The highest BCUT2D eigenvalue weighted by molar-refractivity contribution is 7.17. The topological polar surface area (TPSA) is 25.4 Å². The second-order valence-corrected chi connectivity index (χ2v) is 7.94. The number of nitrogens with zero attached hydrogens (tertiary/aromatic N) is 2. The summed E-state index contributed by atoms with van der Waals surface area (Å²) in [6.07, 6.45) is 10.5. The lowest BCUT2D eigenvalue weighted by Crippen LogP contribution is -2.29. The molecule has 1 aromatic heterocycles. The van der Waals surface area contributed by atoms with Gasteiger partial charge in [-0.2, -0.15) is 0 Å². The molecule has 3 nitrogen and oxygen atoms in total. The highest BCUT2D eigenvalue weighted by atomic mass is 31.0. The number of halogens is 1. The molecule has 0 N–H and O–H groups in total. The Kier molecular flexibility index (Phi) is 6.85. The van der Waals surface area contributed by atoms with Gasteiger partial charge in [-0.15, -0.1) is 0 Å². The van der Waals surface area contributed by atoms with E-state index in [1.807, 2.05) is 6.07 Å². The van der Waals surface area contributed by atoms with Crippen molar-refractivity contribution in [1.29, 1.82) is 0 Å². The quantitative estimate of drug-likeness (QED) is 0.724. The van der Waals surface area contributed by atoms with Crippen molar-refractivity contribution < 1.29 is 9.13 Å². The van der Waals surface area contributed by atoms with Gasteiger partial charge < -0.3 is 9.64 Å². The van der Waals surface area contributed by atoms with Crippen molar-refractivity contribution in [2.24, 2.45) is 5.92 Å². The van der Waals surface area contributed by atoms with Crippen LogP contribution in [0.2, 0.25) is 0 Å². The summed E-state index contributed by atoms with van der Waals surface area (Å²) in [4.78, 5) is 7.20. The summed E-state index contributed by atoms with van der Waals surface area (Å²) < 4.78 is 18.3. The molecule has 0 spiro atoms. The monoisotopic (exact) mass is 352 g/mol. The van der Waals surface area contributed by atoms with Gasteiger partial charge >= 0.3 is 0 Å². The van der Waals surface area contributed by atoms with E-state index >= 15 is 0 Å². The summed E-state index contributed by atoms with van der Waals surface area (Å²) in [5.74, 6) is 0.457. The average Bonchev–Trinajstić information content (AvgIpc) is 2.81. The Labute approximate surface area is 147 Å². The number of hydrogen-bond acceptors (Lipinski definition) is 3. The molecule has 2 unspecified atom stereocenters. The number of hydrogen-bond donors (Lipinski definition) is 0. The van der Waals surface area contributed by atoms with Gasteiger partial charge in [0.25, 0.3) is 0 Å². The number of ether oxygens (including phenoxy) is 1. The first-order valence-electron chi connectivity index (χ1n) is 9.44. The first-order chi connectivity index (χ1) is 11.7. The van der Waals surface area contributed by atoms with E-state index in [4.69, 9.17) is 4.74 Å². The molecule has 0 aromatic carbocycles. The van der Waals surface area contributed by atoms with Crippen LogP contribution in [0.5, 0.6) is 5.88 Å². The third-order valence-corrected chi connectivity index (χ3v) is 5.57. The molecule has 1 aliphatic carbocycles. The Morgan fingerprint density at radius 2 is 2.00 bits per heavy atom. The molecule has 0 saturated heterocycles. The molecule has 1 aliphatic heterocycles. The number of rotatable bonds is 6. The maximum Gasteiger partial charge on any atom is 0.213 e. The molecule has 1 aromatic rings. The third kappa shape index (κ3) is 5.39. The van der Waals surface area contributed by atoms with Crippen LogP contribution in [-0.2, 0) is 12.8 Å². The number of alkyl halides is 1. The van der Waals surface area contributed by atoms with Crippen molar-refractivity contribution in [3.63, 3.8) is 0 Å². The van der Waals surface area contributed by atoms with Gasteiger partial charge in [-0.3, -0.25) is 0 Å². The molecule has 1 saturated carbocycles. The molecule has 2 aliphatic rings. The van der Waals surface area contributed by atoms with Gasteiger partial charge in [-0.05, 0) is 30.9 Å². The van der Waals surface area contributed by atoms with Crippen LogP contribution in [0.1, 0.15) is 49.8 Å². The fourth-order valence-electron chi connectivity index (χ4n) is 3.92. The van der Waals surface area contributed by atoms with E-state index in [-0.39, 0.29) is 6.61 Å². The van der Waals surface area contributed by atoms with Gasteiger partial charge in [-0.25, -0.2) is 9.37 Å². The fraction of sp³-hybridized carbons (Fsp3) is 0.737. The minimum absolute atomic E-state index is 0.0456. The standard InChI is InChI=1S/C19H30FN2OP/c20-18(24)14-23-19-7-6-16-9-12-22(13-10-17(16)21-19)11-8-15-4-2-1-3-5-15/h6-7,15,18H,1-5,8-14,24H2. The van der Waals surface area contributed by atoms with E-state index in [9.17, 15) is 4.39 Å². The van der Waals surface area contributed by atoms with Crippen LogP contribution in [0.4, 0.5) is 4.39 Å². The summed E-state index contributed by atoms with van der Waals surface area (Å²) in [5.41, 5.74) is 2.46. The molecule has 134 valence electrons. The third-order valence-electron chi connectivity index (χ3n) is 5.37. The zero-order valence-electron chi connectivity index (χ0n) is 14.6. The fourth-order valence-corrected chi connectivity index (χ4v) is 4.01. The molecular weight excluding hydrogens is 322 g/mol. The van der Waals surface area contributed by atoms with E-state index in [0.717, 1.165) is 37.5 Å². The van der Waals surface area contributed by atoms with Crippen molar-refractivity contribution in [3.05, 3.63) is 23.4 Å². The molecule has 2 heterocycles. The van der Waals surface area contributed by atoms with Gasteiger partial charge in [0, 0.05) is 31.3 Å². The van der Waals surface area contributed by atoms with Crippen LogP contribution in [-0.4, -0.2) is 42.0 Å². The van der Waals surface area contributed by atoms with Crippen molar-refractivity contribution in [2.45, 2.75) is 57.3 Å². The Bertz CT molecular complexity index is 520. The average molecular weight is 352 g/mol.